The summed E-state index contributed by atoms with van der Waals surface area (Å²) in [5, 5.41) is 9.70. The molecule has 0 spiro atoms. The predicted molar refractivity (Wildman–Crippen MR) is 135 cm³/mol. The normalized spacial score (nSPS) is 18.0. The first kappa shape index (κ1) is 22.7. The number of nitrogens with one attached hydrogen (secondary N) is 2. The van der Waals surface area contributed by atoms with Crippen LogP contribution in [-0.4, -0.2) is 45.7 Å². The number of anilines is 1. The van der Waals surface area contributed by atoms with Gasteiger partial charge in [-0.3, -0.25) is 19.9 Å². The number of thioether (sulfide) groups is 1. The lowest BCUT2D eigenvalue weighted by Gasteiger charge is -2.32. The summed E-state index contributed by atoms with van der Waals surface area (Å²) in [4.78, 5) is 39.2. The molecule has 5 rings (SSSR count). The van der Waals surface area contributed by atoms with Gasteiger partial charge in [0.1, 0.15) is 0 Å². The average molecular weight is 493 g/mol. The molecule has 5 heterocycles. The molecule has 0 atom stereocenters. The van der Waals surface area contributed by atoms with E-state index in [0.717, 1.165) is 56.5 Å². The van der Waals surface area contributed by atoms with Crippen LogP contribution in [-0.2, 0) is 11.3 Å². The molecule has 0 saturated carbocycles. The number of thiophene rings is 1. The molecule has 3 aromatic rings. The Morgan fingerprint density at radius 3 is 2.76 bits per heavy atom. The van der Waals surface area contributed by atoms with E-state index in [1.54, 1.807) is 29.7 Å². The van der Waals surface area contributed by atoms with E-state index >= 15 is 0 Å². The van der Waals surface area contributed by atoms with Gasteiger partial charge in [-0.1, -0.05) is 0 Å². The highest BCUT2D eigenvalue weighted by Crippen LogP contribution is 2.26. The maximum absolute atomic E-state index is 11.8. The van der Waals surface area contributed by atoms with Gasteiger partial charge >= 0.3 is 0 Å². The third-order valence-electron chi connectivity index (χ3n) is 5.89. The second-order valence-electron chi connectivity index (χ2n) is 8.26. The van der Waals surface area contributed by atoms with E-state index in [2.05, 4.69) is 59.4 Å². The van der Waals surface area contributed by atoms with Crippen LogP contribution in [0.2, 0.25) is 0 Å². The molecular formula is C24H24N6O2S2. The summed E-state index contributed by atoms with van der Waals surface area (Å²) in [7, 11) is 0. The fourth-order valence-electron chi connectivity index (χ4n) is 4.06. The lowest BCUT2D eigenvalue weighted by molar-refractivity contribution is -0.115. The first-order chi connectivity index (χ1) is 16.6. The Bertz CT molecular complexity index is 1210. The molecule has 8 nitrogen and oxygen atoms in total. The lowest BCUT2D eigenvalue weighted by Crippen LogP contribution is -2.38. The molecule has 2 N–H and O–H groups in total. The molecule has 2 amide bonds. The Morgan fingerprint density at radius 2 is 2.00 bits per heavy atom. The van der Waals surface area contributed by atoms with Gasteiger partial charge in [-0.15, -0.1) is 0 Å². The van der Waals surface area contributed by atoms with Crippen molar-refractivity contribution in [1.29, 1.82) is 0 Å². The van der Waals surface area contributed by atoms with Gasteiger partial charge in [0, 0.05) is 43.0 Å². The molecule has 0 aliphatic carbocycles. The van der Waals surface area contributed by atoms with Gasteiger partial charge in [0.05, 0.1) is 16.3 Å². The highest BCUT2D eigenvalue weighted by Gasteiger charge is 2.25. The molecule has 0 aromatic carbocycles. The van der Waals surface area contributed by atoms with Crippen LogP contribution in [0.15, 0.2) is 52.3 Å². The maximum atomic E-state index is 11.8. The van der Waals surface area contributed by atoms with Gasteiger partial charge in [-0.05, 0) is 78.4 Å². The first-order valence-corrected chi connectivity index (χ1v) is 12.9. The van der Waals surface area contributed by atoms with Gasteiger partial charge in [0.2, 0.25) is 5.95 Å². The second kappa shape index (κ2) is 10.5. The van der Waals surface area contributed by atoms with Crippen LogP contribution in [0.1, 0.15) is 24.1 Å². The molecule has 2 fully saturated rings. The summed E-state index contributed by atoms with van der Waals surface area (Å²) < 4.78 is 0. The van der Waals surface area contributed by atoms with Crippen molar-refractivity contribution in [2.45, 2.75) is 19.4 Å². The summed E-state index contributed by atoms with van der Waals surface area (Å²) >= 11 is 2.58. The molecule has 2 saturated heterocycles. The van der Waals surface area contributed by atoms with Crippen LogP contribution in [0.4, 0.5) is 10.7 Å². The summed E-state index contributed by atoms with van der Waals surface area (Å²) in [5.74, 6) is 0.885. The van der Waals surface area contributed by atoms with E-state index in [9.17, 15) is 9.59 Å². The number of rotatable bonds is 7. The van der Waals surface area contributed by atoms with Gasteiger partial charge < -0.3 is 10.2 Å². The SMILES string of the molecule is O=C1NC(=O)C(=Cc2ccnc(N3CCC(CNCc4ccnc(-c5ccsc5)c4)CC3)n2)S1. The van der Waals surface area contributed by atoms with Crippen LogP contribution in [0.5, 0.6) is 0 Å². The minimum Gasteiger partial charge on any atom is -0.341 e. The number of carbonyl (C=O) groups is 2. The number of hydrogen-bond acceptors (Lipinski definition) is 9. The van der Waals surface area contributed by atoms with E-state index < -0.39 is 0 Å². The van der Waals surface area contributed by atoms with Gasteiger partial charge in [-0.2, -0.15) is 11.3 Å². The van der Waals surface area contributed by atoms with Crippen molar-refractivity contribution in [3.8, 4) is 11.3 Å². The third-order valence-corrected chi connectivity index (χ3v) is 7.38. The fourth-order valence-corrected chi connectivity index (χ4v) is 5.38. The Labute approximate surface area is 205 Å². The summed E-state index contributed by atoms with van der Waals surface area (Å²) in [5.41, 5.74) is 4.05. The third kappa shape index (κ3) is 5.52. The zero-order chi connectivity index (χ0) is 23.3. The molecule has 2 aliphatic heterocycles. The highest BCUT2D eigenvalue weighted by atomic mass is 32.2. The summed E-state index contributed by atoms with van der Waals surface area (Å²) in [6.45, 7) is 3.57. The molecule has 34 heavy (non-hydrogen) atoms. The van der Waals surface area contributed by atoms with E-state index in [-0.39, 0.29) is 11.1 Å². The number of piperidine rings is 1. The highest BCUT2D eigenvalue weighted by molar-refractivity contribution is 8.18. The van der Waals surface area contributed by atoms with Crippen LogP contribution in [0.25, 0.3) is 17.3 Å². The molecule has 2 aliphatic rings. The summed E-state index contributed by atoms with van der Waals surface area (Å²) in [6.07, 6.45) is 7.33. The van der Waals surface area contributed by atoms with Crippen molar-refractivity contribution in [3.63, 3.8) is 0 Å². The van der Waals surface area contributed by atoms with Gasteiger partial charge in [0.25, 0.3) is 11.1 Å². The Balaban J connectivity index is 1.11. The zero-order valence-corrected chi connectivity index (χ0v) is 20.1. The monoisotopic (exact) mass is 492 g/mol. The second-order valence-corrected chi connectivity index (χ2v) is 10.1. The molecular weight excluding hydrogens is 468 g/mol. The molecule has 3 aromatic heterocycles. The number of carbonyl (C=O) groups excluding carboxylic acids is 2. The van der Waals surface area contributed by atoms with Crippen LogP contribution in [0, 0.1) is 5.92 Å². The minimum atomic E-state index is -0.377. The van der Waals surface area contributed by atoms with Crippen LogP contribution in [0.3, 0.4) is 0 Å². The molecule has 174 valence electrons. The van der Waals surface area contributed by atoms with Gasteiger partial charge in [-0.25, -0.2) is 9.97 Å². The summed E-state index contributed by atoms with van der Waals surface area (Å²) in [6, 6.07) is 8.06. The first-order valence-electron chi connectivity index (χ1n) is 11.1. The Hall–Kier alpha value is -3.08. The van der Waals surface area contributed by atoms with E-state index in [4.69, 9.17) is 0 Å². The minimum absolute atomic E-state index is 0.354. The van der Waals surface area contributed by atoms with Crippen molar-refractivity contribution in [1.82, 2.24) is 25.6 Å². The van der Waals surface area contributed by atoms with Crippen molar-refractivity contribution in [2.75, 3.05) is 24.5 Å². The quantitative estimate of drug-likeness (QED) is 0.479. The van der Waals surface area contributed by atoms with E-state index in [0.29, 0.717) is 22.5 Å². The zero-order valence-electron chi connectivity index (χ0n) is 18.4. The standard InChI is InChI=1S/C24H24N6O2S2/c31-22-21(34-24(32)29-22)12-19-2-7-27-23(28-19)30-8-3-16(4-9-30)13-25-14-17-1-6-26-20(11-17)18-5-10-33-15-18/h1-2,5-7,10-12,15-16,25H,3-4,8-9,13-14H2,(H,29,31,32). The number of aromatic nitrogens is 3. The number of nitrogens with zero attached hydrogens (tertiary/aromatic N) is 4. The van der Waals surface area contributed by atoms with E-state index in [1.807, 2.05) is 6.20 Å². The number of imide groups is 1. The largest absolute Gasteiger partial charge is 0.341 e. The number of amides is 2. The molecule has 10 heteroatoms. The topological polar surface area (TPSA) is 100 Å². The smallest absolute Gasteiger partial charge is 0.290 e. The molecule has 0 bridgehead atoms. The predicted octanol–water partition coefficient (Wildman–Crippen LogP) is 3.93. The van der Waals surface area contributed by atoms with Crippen molar-refractivity contribution < 1.29 is 9.59 Å². The van der Waals surface area contributed by atoms with Crippen LogP contribution >= 0.6 is 23.1 Å². The number of hydrogen-bond donors (Lipinski definition) is 2. The number of pyridine rings is 1. The Kier molecular flexibility index (Phi) is 6.98. The van der Waals surface area contributed by atoms with E-state index in [1.165, 1.54) is 11.1 Å². The lowest BCUT2D eigenvalue weighted by atomic mass is 9.97. The van der Waals surface area contributed by atoms with Gasteiger partial charge in [0.15, 0.2) is 0 Å². The maximum Gasteiger partial charge on any atom is 0.290 e. The Morgan fingerprint density at radius 1 is 1.15 bits per heavy atom. The fraction of sp³-hybridized carbons (Fsp3) is 0.292. The van der Waals surface area contributed by atoms with Crippen molar-refractivity contribution in [3.05, 3.63) is 63.6 Å². The van der Waals surface area contributed by atoms with Crippen LogP contribution < -0.4 is 15.5 Å². The molecule has 0 unspecified atom stereocenters. The average Bonchev–Trinajstić information content (AvgIpc) is 3.50. The molecule has 0 radical (unpaired) electrons. The van der Waals surface area contributed by atoms with Crippen molar-refractivity contribution >= 4 is 46.3 Å². The van der Waals surface area contributed by atoms with Crippen molar-refractivity contribution in [2.24, 2.45) is 5.92 Å².